The quantitative estimate of drug-likeness (QED) is 0.849. The second kappa shape index (κ2) is 4.45. The number of carbonyl (C=O) groups is 1. The molecule has 0 aliphatic rings. The van der Waals surface area contributed by atoms with E-state index in [4.69, 9.17) is 10.4 Å². The van der Waals surface area contributed by atoms with Gasteiger partial charge in [0.25, 0.3) is 0 Å². The van der Waals surface area contributed by atoms with Crippen molar-refractivity contribution in [3.8, 4) is 17.2 Å². The predicted octanol–water partition coefficient (Wildman–Crippen LogP) is 2.32. The summed E-state index contributed by atoms with van der Waals surface area (Å²) in [6.45, 7) is 0. The van der Waals surface area contributed by atoms with Crippen molar-refractivity contribution in [1.29, 1.82) is 5.26 Å². The minimum Gasteiger partial charge on any atom is -0.478 e. The van der Waals surface area contributed by atoms with E-state index in [2.05, 4.69) is 4.98 Å². The van der Waals surface area contributed by atoms with Crippen LogP contribution in [0.5, 0.6) is 0 Å². The number of carboxylic acid groups (broad SMARTS) is 1. The summed E-state index contributed by atoms with van der Waals surface area (Å²) in [5.41, 5.74) is 1.88. The van der Waals surface area contributed by atoms with Gasteiger partial charge in [-0.3, -0.25) is 4.98 Å². The van der Waals surface area contributed by atoms with E-state index in [0.717, 1.165) is 0 Å². The number of rotatable bonds is 2. The molecule has 0 saturated heterocycles. The van der Waals surface area contributed by atoms with Crippen molar-refractivity contribution in [1.82, 2.24) is 4.98 Å². The zero-order chi connectivity index (χ0) is 12.3. The molecule has 1 aromatic carbocycles. The van der Waals surface area contributed by atoms with Gasteiger partial charge in [-0.05, 0) is 29.3 Å². The van der Waals surface area contributed by atoms with Gasteiger partial charge in [-0.1, -0.05) is 12.1 Å². The molecule has 1 N–H and O–H groups in total. The Hall–Kier alpha value is -2.67. The lowest BCUT2D eigenvalue weighted by molar-refractivity contribution is 0.0697. The number of nitrogens with zero attached hydrogens (tertiary/aromatic N) is 2. The van der Waals surface area contributed by atoms with Gasteiger partial charge in [0.15, 0.2) is 0 Å². The first-order valence-corrected chi connectivity index (χ1v) is 4.90. The summed E-state index contributed by atoms with van der Waals surface area (Å²) < 4.78 is 0. The average molecular weight is 224 g/mol. The van der Waals surface area contributed by atoms with Crippen molar-refractivity contribution in [2.45, 2.75) is 0 Å². The summed E-state index contributed by atoms with van der Waals surface area (Å²) in [6.07, 6.45) is 2.83. The molecule has 0 fully saturated rings. The fraction of sp³-hybridized carbons (Fsp3) is 0. The van der Waals surface area contributed by atoms with E-state index >= 15 is 0 Å². The third kappa shape index (κ3) is 2.13. The van der Waals surface area contributed by atoms with E-state index in [0.29, 0.717) is 16.7 Å². The number of benzene rings is 1. The Labute approximate surface area is 97.8 Å². The second-order valence-electron chi connectivity index (χ2n) is 3.42. The smallest absolute Gasteiger partial charge is 0.337 e. The van der Waals surface area contributed by atoms with Gasteiger partial charge in [-0.2, -0.15) is 5.26 Å². The number of pyridine rings is 1. The van der Waals surface area contributed by atoms with Crippen molar-refractivity contribution in [2.24, 2.45) is 0 Å². The van der Waals surface area contributed by atoms with Gasteiger partial charge in [0, 0.05) is 12.4 Å². The Morgan fingerprint density at radius 3 is 2.88 bits per heavy atom. The molecule has 2 rings (SSSR count). The van der Waals surface area contributed by atoms with E-state index in [1.54, 1.807) is 30.3 Å². The van der Waals surface area contributed by atoms with E-state index in [9.17, 15) is 4.79 Å². The highest BCUT2D eigenvalue weighted by Crippen LogP contribution is 2.23. The Morgan fingerprint density at radius 1 is 1.35 bits per heavy atom. The first-order valence-electron chi connectivity index (χ1n) is 4.90. The molecule has 1 aromatic heterocycles. The lowest BCUT2D eigenvalue weighted by Crippen LogP contribution is -2.00. The fourth-order valence-electron chi connectivity index (χ4n) is 1.57. The summed E-state index contributed by atoms with van der Waals surface area (Å²) >= 11 is 0. The Kier molecular flexibility index (Phi) is 2.84. The lowest BCUT2D eigenvalue weighted by atomic mass is 10.0. The Balaban J connectivity index is 2.61. The van der Waals surface area contributed by atoms with Crippen LogP contribution in [0.4, 0.5) is 0 Å². The minimum absolute atomic E-state index is 0.127. The highest BCUT2D eigenvalue weighted by Gasteiger charge is 2.11. The molecular formula is C13H8N2O2. The van der Waals surface area contributed by atoms with Gasteiger partial charge < -0.3 is 5.11 Å². The Morgan fingerprint density at radius 2 is 2.18 bits per heavy atom. The minimum atomic E-state index is -1.03. The summed E-state index contributed by atoms with van der Waals surface area (Å²) in [5.74, 6) is -1.03. The number of nitriles is 1. The van der Waals surface area contributed by atoms with Crippen LogP contribution >= 0.6 is 0 Å². The van der Waals surface area contributed by atoms with Crippen LogP contribution in [0.2, 0.25) is 0 Å². The first kappa shape index (κ1) is 10.8. The maximum absolute atomic E-state index is 11.0. The van der Waals surface area contributed by atoms with Crippen LogP contribution in [0.25, 0.3) is 11.1 Å². The summed E-state index contributed by atoms with van der Waals surface area (Å²) in [7, 11) is 0. The van der Waals surface area contributed by atoms with E-state index in [1.807, 2.05) is 6.07 Å². The van der Waals surface area contributed by atoms with Crippen molar-refractivity contribution in [3.63, 3.8) is 0 Å². The molecule has 0 saturated carbocycles. The molecule has 0 aliphatic heterocycles. The molecule has 17 heavy (non-hydrogen) atoms. The normalized spacial score (nSPS) is 9.59. The standard InChI is InChI=1S/C13H8N2O2/c14-7-9-2-1-3-10(6-9)11-4-5-15-8-12(11)13(16)17/h1-6,8H,(H,16,17). The zero-order valence-electron chi connectivity index (χ0n) is 8.79. The Bertz CT molecular complexity index is 615. The molecule has 0 radical (unpaired) electrons. The molecule has 4 nitrogen and oxygen atoms in total. The van der Waals surface area contributed by atoms with Crippen molar-refractivity contribution < 1.29 is 9.90 Å². The van der Waals surface area contributed by atoms with Crippen LogP contribution in [0.3, 0.4) is 0 Å². The monoisotopic (exact) mass is 224 g/mol. The topological polar surface area (TPSA) is 74.0 Å². The number of hydrogen-bond acceptors (Lipinski definition) is 3. The fourth-order valence-corrected chi connectivity index (χ4v) is 1.57. The largest absolute Gasteiger partial charge is 0.478 e. The summed E-state index contributed by atoms with van der Waals surface area (Å²) in [6, 6.07) is 10.5. The highest BCUT2D eigenvalue weighted by atomic mass is 16.4. The predicted molar refractivity (Wildman–Crippen MR) is 61.3 cm³/mol. The van der Waals surface area contributed by atoms with Crippen LogP contribution in [0, 0.1) is 11.3 Å². The van der Waals surface area contributed by atoms with Crippen LogP contribution in [0.1, 0.15) is 15.9 Å². The lowest BCUT2D eigenvalue weighted by Gasteiger charge is -2.05. The number of aromatic carboxylic acids is 1. The molecule has 4 heteroatoms. The molecule has 0 spiro atoms. The first-order chi connectivity index (χ1) is 8.22. The van der Waals surface area contributed by atoms with Gasteiger partial charge in [-0.25, -0.2) is 4.79 Å². The molecule has 0 unspecified atom stereocenters. The van der Waals surface area contributed by atoms with Gasteiger partial charge in [0.1, 0.15) is 0 Å². The average Bonchev–Trinajstić information content (AvgIpc) is 2.39. The van der Waals surface area contributed by atoms with Crippen LogP contribution in [-0.4, -0.2) is 16.1 Å². The molecule has 0 amide bonds. The second-order valence-corrected chi connectivity index (χ2v) is 3.42. The van der Waals surface area contributed by atoms with E-state index in [-0.39, 0.29) is 5.56 Å². The van der Waals surface area contributed by atoms with Crippen LogP contribution in [-0.2, 0) is 0 Å². The number of hydrogen-bond donors (Lipinski definition) is 1. The molecule has 0 bridgehead atoms. The summed E-state index contributed by atoms with van der Waals surface area (Å²) in [4.78, 5) is 14.8. The third-order valence-corrected chi connectivity index (χ3v) is 2.35. The SMILES string of the molecule is N#Cc1cccc(-c2ccncc2C(=O)O)c1. The van der Waals surface area contributed by atoms with Crippen molar-refractivity contribution >= 4 is 5.97 Å². The molecule has 0 aliphatic carbocycles. The number of aromatic nitrogens is 1. The van der Waals surface area contributed by atoms with Gasteiger partial charge >= 0.3 is 5.97 Å². The maximum Gasteiger partial charge on any atom is 0.337 e. The van der Waals surface area contributed by atoms with Gasteiger partial charge in [0.05, 0.1) is 17.2 Å². The van der Waals surface area contributed by atoms with Crippen LogP contribution < -0.4 is 0 Å². The molecule has 82 valence electrons. The molecule has 1 heterocycles. The van der Waals surface area contributed by atoms with Crippen molar-refractivity contribution in [3.05, 3.63) is 53.9 Å². The number of carboxylic acids is 1. The third-order valence-electron chi connectivity index (χ3n) is 2.35. The molecule has 0 atom stereocenters. The summed E-state index contributed by atoms with van der Waals surface area (Å²) in [5, 5.41) is 17.9. The van der Waals surface area contributed by atoms with E-state index < -0.39 is 5.97 Å². The van der Waals surface area contributed by atoms with Crippen LogP contribution in [0.15, 0.2) is 42.7 Å². The van der Waals surface area contributed by atoms with E-state index in [1.165, 1.54) is 12.4 Å². The van der Waals surface area contributed by atoms with Gasteiger partial charge in [0.2, 0.25) is 0 Å². The highest BCUT2D eigenvalue weighted by molar-refractivity contribution is 5.95. The van der Waals surface area contributed by atoms with Crippen molar-refractivity contribution in [2.75, 3.05) is 0 Å². The maximum atomic E-state index is 11.0. The zero-order valence-corrected chi connectivity index (χ0v) is 8.79. The molecular weight excluding hydrogens is 216 g/mol. The van der Waals surface area contributed by atoms with Gasteiger partial charge in [-0.15, -0.1) is 0 Å². The molecule has 2 aromatic rings.